The van der Waals surface area contributed by atoms with Gasteiger partial charge in [0.05, 0.1) is 11.4 Å². The van der Waals surface area contributed by atoms with Gasteiger partial charge in [0, 0.05) is 20.1 Å². The molecule has 0 saturated carbocycles. The normalized spacial score (nSPS) is 11.9. The third kappa shape index (κ3) is 3.68. The lowest BCUT2D eigenvalue weighted by Gasteiger charge is -2.25. The molecule has 1 heterocycles. The van der Waals surface area contributed by atoms with Gasteiger partial charge < -0.3 is 4.90 Å². The Morgan fingerprint density at radius 1 is 1.17 bits per heavy atom. The molecule has 0 amide bonds. The second kappa shape index (κ2) is 6.90. The van der Waals surface area contributed by atoms with Crippen molar-refractivity contribution in [1.29, 1.82) is 0 Å². The van der Waals surface area contributed by atoms with Crippen LogP contribution in [0.4, 0.5) is 5.69 Å². The molecule has 126 valence electrons. The van der Waals surface area contributed by atoms with E-state index in [1.165, 1.54) is 8.99 Å². The van der Waals surface area contributed by atoms with Crippen molar-refractivity contribution in [3.05, 3.63) is 41.2 Å². The van der Waals surface area contributed by atoms with Gasteiger partial charge >= 0.3 is 0 Å². The Labute approximate surface area is 142 Å². The molecule has 0 fully saturated rings. The quantitative estimate of drug-likeness (QED) is 0.795. The van der Waals surface area contributed by atoms with Gasteiger partial charge in [-0.1, -0.05) is 29.8 Å². The first kappa shape index (κ1) is 17.8. The summed E-state index contributed by atoms with van der Waals surface area (Å²) < 4.78 is 29.1. The summed E-state index contributed by atoms with van der Waals surface area (Å²) in [5, 5.41) is 4.24. The van der Waals surface area contributed by atoms with Gasteiger partial charge in [0.1, 0.15) is 10.0 Å². The Bertz CT molecular complexity index is 772. The molecular formula is C15H21ClN4O2S. The highest BCUT2D eigenvalue weighted by Crippen LogP contribution is 2.30. The van der Waals surface area contributed by atoms with Crippen molar-refractivity contribution in [3.8, 4) is 0 Å². The summed E-state index contributed by atoms with van der Waals surface area (Å²) in [6.07, 6.45) is 0. The third-order valence-corrected chi connectivity index (χ3v) is 5.97. The van der Waals surface area contributed by atoms with E-state index >= 15 is 0 Å². The summed E-state index contributed by atoms with van der Waals surface area (Å²) in [5.41, 5.74) is 0.997. The maximum Gasteiger partial charge on any atom is 0.269 e. The molecule has 0 N–H and O–H groups in total. The number of halogens is 1. The SMILES string of the molecule is Cc1nn(C)c(Cl)c1S(=O)(=O)N(CCN(C)C)c1ccccc1. The highest BCUT2D eigenvalue weighted by atomic mass is 35.5. The number of rotatable bonds is 6. The number of sulfonamides is 1. The molecule has 6 nitrogen and oxygen atoms in total. The zero-order chi connectivity index (χ0) is 17.2. The van der Waals surface area contributed by atoms with Crippen molar-refractivity contribution in [2.45, 2.75) is 11.8 Å². The van der Waals surface area contributed by atoms with Crippen LogP contribution in [0.25, 0.3) is 0 Å². The maximum atomic E-state index is 13.2. The van der Waals surface area contributed by atoms with Gasteiger partial charge in [0.2, 0.25) is 0 Å². The Morgan fingerprint density at radius 2 is 1.78 bits per heavy atom. The molecule has 2 rings (SSSR count). The fraction of sp³-hybridized carbons (Fsp3) is 0.400. The first-order valence-electron chi connectivity index (χ1n) is 7.16. The smallest absolute Gasteiger partial charge is 0.269 e. The Morgan fingerprint density at radius 3 is 2.26 bits per heavy atom. The molecule has 8 heteroatoms. The van der Waals surface area contributed by atoms with Gasteiger partial charge in [-0.15, -0.1) is 0 Å². The highest BCUT2D eigenvalue weighted by Gasteiger charge is 2.31. The minimum absolute atomic E-state index is 0.0595. The van der Waals surface area contributed by atoms with Crippen LogP contribution in [0, 0.1) is 6.92 Å². The van der Waals surface area contributed by atoms with Crippen molar-refractivity contribution in [2.75, 3.05) is 31.5 Å². The summed E-state index contributed by atoms with van der Waals surface area (Å²) in [6.45, 7) is 2.56. The number of likely N-dealkylation sites (N-methyl/N-ethyl adjacent to an activating group) is 1. The fourth-order valence-corrected chi connectivity index (χ4v) is 4.45. The minimum atomic E-state index is -3.80. The van der Waals surface area contributed by atoms with E-state index < -0.39 is 10.0 Å². The van der Waals surface area contributed by atoms with Crippen LogP contribution in [-0.2, 0) is 17.1 Å². The number of hydrogen-bond donors (Lipinski definition) is 0. The van der Waals surface area contributed by atoms with Crippen molar-refractivity contribution < 1.29 is 8.42 Å². The second-order valence-electron chi connectivity index (χ2n) is 5.54. The van der Waals surface area contributed by atoms with Crippen LogP contribution in [0.2, 0.25) is 5.15 Å². The van der Waals surface area contributed by atoms with Crippen LogP contribution in [0.15, 0.2) is 35.2 Å². The van der Waals surface area contributed by atoms with Gasteiger partial charge in [0.25, 0.3) is 10.0 Å². The van der Waals surface area contributed by atoms with Crippen LogP contribution in [0.1, 0.15) is 5.69 Å². The highest BCUT2D eigenvalue weighted by molar-refractivity contribution is 7.93. The minimum Gasteiger partial charge on any atom is -0.308 e. The average molecular weight is 357 g/mol. The Balaban J connectivity index is 2.53. The van der Waals surface area contributed by atoms with E-state index in [2.05, 4.69) is 5.10 Å². The number of anilines is 1. The summed E-state index contributed by atoms with van der Waals surface area (Å²) in [6, 6.07) is 9.01. The monoisotopic (exact) mass is 356 g/mol. The van der Waals surface area contributed by atoms with Crippen LogP contribution < -0.4 is 4.31 Å². The van der Waals surface area contributed by atoms with E-state index in [1.807, 2.05) is 37.2 Å². The van der Waals surface area contributed by atoms with Crippen molar-refractivity contribution in [3.63, 3.8) is 0 Å². The molecule has 23 heavy (non-hydrogen) atoms. The zero-order valence-corrected chi connectivity index (χ0v) is 15.3. The lowest BCUT2D eigenvalue weighted by molar-refractivity contribution is 0.419. The summed E-state index contributed by atoms with van der Waals surface area (Å²) in [4.78, 5) is 1.99. The molecule has 0 aliphatic rings. The molecule has 0 saturated heterocycles. The summed E-state index contributed by atoms with van der Waals surface area (Å²) in [7, 11) is 1.63. The van der Waals surface area contributed by atoms with Crippen LogP contribution in [0.5, 0.6) is 0 Å². The summed E-state index contributed by atoms with van der Waals surface area (Å²) in [5.74, 6) is 0. The first-order valence-corrected chi connectivity index (χ1v) is 8.98. The number of aromatic nitrogens is 2. The summed E-state index contributed by atoms with van der Waals surface area (Å²) >= 11 is 6.18. The molecule has 0 aliphatic carbocycles. The van der Waals surface area contributed by atoms with E-state index in [-0.39, 0.29) is 10.0 Å². The largest absolute Gasteiger partial charge is 0.308 e. The van der Waals surface area contributed by atoms with E-state index in [0.717, 1.165) is 0 Å². The van der Waals surface area contributed by atoms with Crippen molar-refractivity contribution in [2.24, 2.45) is 7.05 Å². The number of benzene rings is 1. The number of hydrogen-bond acceptors (Lipinski definition) is 4. The lowest BCUT2D eigenvalue weighted by atomic mass is 10.3. The molecular weight excluding hydrogens is 336 g/mol. The molecule has 0 spiro atoms. The molecule has 1 aromatic carbocycles. The van der Waals surface area contributed by atoms with E-state index in [4.69, 9.17) is 11.6 Å². The van der Waals surface area contributed by atoms with Crippen LogP contribution in [0.3, 0.4) is 0 Å². The van der Waals surface area contributed by atoms with Gasteiger partial charge in [-0.2, -0.15) is 5.10 Å². The van der Waals surface area contributed by atoms with Crippen LogP contribution in [-0.4, -0.2) is 50.3 Å². The first-order chi connectivity index (χ1) is 10.7. The lowest BCUT2D eigenvalue weighted by Crippen LogP contribution is -2.37. The van der Waals surface area contributed by atoms with Crippen molar-refractivity contribution in [1.82, 2.24) is 14.7 Å². The van der Waals surface area contributed by atoms with Gasteiger partial charge in [-0.3, -0.25) is 8.99 Å². The standard InChI is InChI=1S/C15H21ClN4O2S/c1-12-14(15(16)19(4)17-12)23(21,22)20(11-10-18(2)3)13-8-6-5-7-9-13/h5-9H,10-11H2,1-4H3. The molecule has 0 bridgehead atoms. The average Bonchev–Trinajstić information content (AvgIpc) is 2.73. The predicted molar refractivity (Wildman–Crippen MR) is 92.5 cm³/mol. The zero-order valence-electron chi connectivity index (χ0n) is 13.7. The molecule has 1 aromatic heterocycles. The van der Waals surface area contributed by atoms with Crippen LogP contribution >= 0.6 is 11.6 Å². The Hall–Kier alpha value is -1.57. The van der Waals surface area contributed by atoms with Crippen molar-refractivity contribution >= 4 is 27.3 Å². The molecule has 2 aromatic rings. The molecule has 0 atom stereocenters. The maximum absolute atomic E-state index is 13.2. The molecule has 0 radical (unpaired) electrons. The predicted octanol–water partition coefficient (Wildman–Crippen LogP) is 2.14. The second-order valence-corrected chi connectivity index (χ2v) is 7.70. The van der Waals surface area contributed by atoms with E-state index in [9.17, 15) is 8.42 Å². The van der Waals surface area contributed by atoms with Gasteiger partial charge in [0.15, 0.2) is 0 Å². The number of aryl methyl sites for hydroxylation is 2. The molecule has 0 unspecified atom stereocenters. The van der Waals surface area contributed by atoms with E-state index in [1.54, 1.807) is 26.1 Å². The van der Waals surface area contributed by atoms with E-state index in [0.29, 0.717) is 24.5 Å². The fourth-order valence-electron chi connectivity index (χ4n) is 2.29. The number of para-hydroxylation sites is 1. The number of nitrogens with zero attached hydrogens (tertiary/aromatic N) is 4. The van der Waals surface area contributed by atoms with Gasteiger partial charge in [-0.05, 0) is 33.2 Å². The third-order valence-electron chi connectivity index (χ3n) is 3.44. The Kier molecular flexibility index (Phi) is 5.33. The topological polar surface area (TPSA) is 58.4 Å². The van der Waals surface area contributed by atoms with Gasteiger partial charge in [-0.25, -0.2) is 8.42 Å². The molecule has 0 aliphatic heterocycles.